The van der Waals surface area contributed by atoms with Crippen LogP contribution in [0, 0.1) is 5.92 Å². The van der Waals surface area contributed by atoms with Crippen molar-refractivity contribution >= 4 is 0 Å². The van der Waals surface area contributed by atoms with Crippen LogP contribution in [0.25, 0.3) is 0 Å². The summed E-state index contributed by atoms with van der Waals surface area (Å²) >= 11 is 0. The minimum absolute atomic E-state index is 0.157. The zero-order valence-electron chi connectivity index (χ0n) is 12.0. The summed E-state index contributed by atoms with van der Waals surface area (Å²) < 4.78 is 11.8. The average molecular weight is 260 g/mol. The number of hydrogen-bond donors (Lipinski definition) is 0. The van der Waals surface area contributed by atoms with Gasteiger partial charge in [0.15, 0.2) is 0 Å². The first-order valence-corrected chi connectivity index (χ1v) is 7.09. The summed E-state index contributed by atoms with van der Waals surface area (Å²) in [6, 6.07) is 10.3. The molecule has 0 bridgehead atoms. The number of rotatable bonds is 5. The van der Waals surface area contributed by atoms with Gasteiger partial charge in [0, 0.05) is 5.92 Å². The van der Waals surface area contributed by atoms with E-state index in [2.05, 4.69) is 32.6 Å². The second-order valence-electron chi connectivity index (χ2n) is 5.52. The van der Waals surface area contributed by atoms with E-state index in [1.165, 1.54) is 11.1 Å². The Bertz CT molecular complexity index is 399. The molecule has 2 rings (SSSR count). The fraction of sp³-hybridized carbons (Fsp3) is 0.529. The van der Waals surface area contributed by atoms with Gasteiger partial charge in [0.1, 0.15) is 0 Å². The minimum Gasteiger partial charge on any atom is -0.374 e. The molecule has 104 valence electrons. The van der Waals surface area contributed by atoms with Crippen molar-refractivity contribution in [2.45, 2.75) is 45.5 Å². The lowest BCUT2D eigenvalue weighted by Gasteiger charge is -2.35. The molecule has 3 atom stereocenters. The Morgan fingerprint density at radius 1 is 1.32 bits per heavy atom. The summed E-state index contributed by atoms with van der Waals surface area (Å²) in [5, 5.41) is 0. The molecular weight excluding hydrogens is 236 g/mol. The maximum absolute atomic E-state index is 6.01. The van der Waals surface area contributed by atoms with Crippen molar-refractivity contribution in [2.24, 2.45) is 5.92 Å². The first-order chi connectivity index (χ1) is 9.16. The van der Waals surface area contributed by atoms with Gasteiger partial charge in [-0.05, 0) is 32.3 Å². The molecular formula is C17H24O2. The van der Waals surface area contributed by atoms with E-state index in [1.54, 1.807) is 0 Å². The van der Waals surface area contributed by atoms with Crippen LogP contribution in [0.15, 0.2) is 42.5 Å². The molecule has 1 aromatic carbocycles. The van der Waals surface area contributed by atoms with Crippen LogP contribution in [-0.4, -0.2) is 18.8 Å². The number of benzene rings is 1. The zero-order chi connectivity index (χ0) is 13.7. The van der Waals surface area contributed by atoms with Crippen molar-refractivity contribution in [2.75, 3.05) is 6.61 Å². The van der Waals surface area contributed by atoms with Crippen LogP contribution in [0.4, 0.5) is 0 Å². The molecule has 0 saturated carbocycles. The van der Waals surface area contributed by atoms with Gasteiger partial charge < -0.3 is 9.47 Å². The quantitative estimate of drug-likeness (QED) is 0.746. The molecule has 2 nitrogen and oxygen atoms in total. The van der Waals surface area contributed by atoms with E-state index in [4.69, 9.17) is 9.47 Å². The van der Waals surface area contributed by atoms with Gasteiger partial charge >= 0.3 is 0 Å². The summed E-state index contributed by atoms with van der Waals surface area (Å²) in [5.41, 5.74) is 2.42. The van der Waals surface area contributed by atoms with E-state index in [1.807, 2.05) is 18.2 Å². The van der Waals surface area contributed by atoms with Gasteiger partial charge in [-0.25, -0.2) is 0 Å². The van der Waals surface area contributed by atoms with Gasteiger partial charge in [0.05, 0.1) is 25.4 Å². The first-order valence-electron chi connectivity index (χ1n) is 7.09. The first kappa shape index (κ1) is 14.3. The van der Waals surface area contributed by atoms with E-state index >= 15 is 0 Å². The highest BCUT2D eigenvalue weighted by molar-refractivity contribution is 5.13. The van der Waals surface area contributed by atoms with Gasteiger partial charge in [0.25, 0.3) is 0 Å². The van der Waals surface area contributed by atoms with Crippen LogP contribution in [0.1, 0.15) is 32.3 Å². The molecule has 1 aliphatic rings. The molecule has 0 amide bonds. The van der Waals surface area contributed by atoms with Gasteiger partial charge in [-0.15, -0.1) is 0 Å². The Kier molecular flexibility index (Phi) is 5.17. The van der Waals surface area contributed by atoms with Crippen LogP contribution in [0.3, 0.4) is 0 Å². The van der Waals surface area contributed by atoms with Crippen molar-refractivity contribution in [3.63, 3.8) is 0 Å². The van der Waals surface area contributed by atoms with E-state index in [0.717, 1.165) is 12.8 Å². The maximum Gasteiger partial charge on any atom is 0.0877 e. The average Bonchev–Trinajstić information content (AvgIpc) is 2.39. The fourth-order valence-electron chi connectivity index (χ4n) is 2.65. The van der Waals surface area contributed by atoms with Crippen LogP contribution in [0.5, 0.6) is 0 Å². The lowest BCUT2D eigenvalue weighted by atomic mass is 9.87. The number of ether oxygens (including phenoxy) is 2. The molecule has 0 unspecified atom stereocenters. The summed E-state index contributed by atoms with van der Waals surface area (Å²) in [7, 11) is 0. The third kappa shape index (κ3) is 4.19. The van der Waals surface area contributed by atoms with Gasteiger partial charge in [0.2, 0.25) is 0 Å². The second kappa shape index (κ2) is 6.88. The fourth-order valence-corrected chi connectivity index (χ4v) is 2.65. The van der Waals surface area contributed by atoms with Crippen molar-refractivity contribution in [3.05, 3.63) is 48.0 Å². The summed E-state index contributed by atoms with van der Waals surface area (Å²) in [6.07, 6.45) is 2.77. The van der Waals surface area contributed by atoms with E-state index in [-0.39, 0.29) is 6.10 Å². The Morgan fingerprint density at radius 2 is 2.05 bits per heavy atom. The molecule has 0 N–H and O–H groups in total. The lowest BCUT2D eigenvalue weighted by molar-refractivity contribution is -0.103. The monoisotopic (exact) mass is 260 g/mol. The van der Waals surface area contributed by atoms with Gasteiger partial charge in [-0.2, -0.15) is 0 Å². The zero-order valence-corrected chi connectivity index (χ0v) is 12.0. The summed E-state index contributed by atoms with van der Waals surface area (Å²) in [6.45, 7) is 9.61. The molecule has 19 heavy (non-hydrogen) atoms. The summed E-state index contributed by atoms with van der Waals surface area (Å²) in [5.74, 6) is 0.437. The molecule has 1 saturated heterocycles. The second-order valence-corrected chi connectivity index (χ2v) is 5.52. The molecule has 1 fully saturated rings. The molecule has 1 heterocycles. The molecule has 0 spiro atoms. The van der Waals surface area contributed by atoms with Gasteiger partial charge in [-0.3, -0.25) is 0 Å². The predicted octanol–water partition coefficient (Wildman–Crippen LogP) is 3.96. The normalized spacial score (nSPS) is 27.2. The molecule has 1 aliphatic heterocycles. The standard InChI is InChI=1S/C17H24O2/c1-13(2)16-10-9-14(3)19-17(16)12-18-11-15-7-5-4-6-8-15/h4-8,14,16-17H,1,9-12H2,2-3H3/t14-,16+,17+/m0/s1. The third-order valence-electron chi connectivity index (χ3n) is 3.77. The maximum atomic E-state index is 6.01. The van der Waals surface area contributed by atoms with Crippen molar-refractivity contribution in [3.8, 4) is 0 Å². The van der Waals surface area contributed by atoms with Crippen LogP contribution >= 0.6 is 0 Å². The Balaban J connectivity index is 1.84. The third-order valence-corrected chi connectivity index (χ3v) is 3.77. The van der Waals surface area contributed by atoms with E-state index < -0.39 is 0 Å². The van der Waals surface area contributed by atoms with Gasteiger partial charge in [-0.1, -0.05) is 42.5 Å². The SMILES string of the molecule is C=C(C)[C@H]1CC[C@H](C)O[C@@H]1COCc1ccccc1. The smallest absolute Gasteiger partial charge is 0.0877 e. The van der Waals surface area contributed by atoms with E-state index in [0.29, 0.717) is 25.2 Å². The minimum atomic E-state index is 0.157. The van der Waals surface area contributed by atoms with Crippen molar-refractivity contribution in [1.29, 1.82) is 0 Å². The molecule has 1 aromatic rings. The van der Waals surface area contributed by atoms with Crippen molar-refractivity contribution < 1.29 is 9.47 Å². The van der Waals surface area contributed by atoms with Crippen molar-refractivity contribution in [1.82, 2.24) is 0 Å². The summed E-state index contributed by atoms with van der Waals surface area (Å²) in [4.78, 5) is 0. The Labute approximate surface area is 116 Å². The largest absolute Gasteiger partial charge is 0.374 e. The molecule has 0 aromatic heterocycles. The topological polar surface area (TPSA) is 18.5 Å². The Hall–Kier alpha value is -1.12. The lowest BCUT2D eigenvalue weighted by Crippen LogP contribution is -2.37. The highest BCUT2D eigenvalue weighted by atomic mass is 16.5. The Morgan fingerprint density at radius 3 is 2.74 bits per heavy atom. The molecule has 0 aliphatic carbocycles. The molecule has 0 radical (unpaired) electrons. The van der Waals surface area contributed by atoms with Crippen LogP contribution in [0.2, 0.25) is 0 Å². The van der Waals surface area contributed by atoms with E-state index in [9.17, 15) is 0 Å². The molecule has 2 heteroatoms. The highest BCUT2D eigenvalue weighted by Crippen LogP contribution is 2.30. The van der Waals surface area contributed by atoms with Crippen LogP contribution in [-0.2, 0) is 16.1 Å². The predicted molar refractivity (Wildman–Crippen MR) is 78.0 cm³/mol. The number of hydrogen-bond acceptors (Lipinski definition) is 2. The van der Waals surface area contributed by atoms with Crippen LogP contribution < -0.4 is 0 Å². The highest BCUT2D eigenvalue weighted by Gasteiger charge is 2.29.